The Kier molecular flexibility index (Phi) is 3.82. The van der Waals surface area contributed by atoms with E-state index >= 15 is 0 Å². The summed E-state index contributed by atoms with van der Waals surface area (Å²) in [6.45, 7) is 2.20. The third kappa shape index (κ3) is 2.81. The summed E-state index contributed by atoms with van der Waals surface area (Å²) in [6, 6.07) is 11.4. The predicted octanol–water partition coefficient (Wildman–Crippen LogP) is 4.44. The number of hydrogen-bond donors (Lipinski definition) is 0. The second kappa shape index (κ2) is 6.00. The summed E-state index contributed by atoms with van der Waals surface area (Å²) in [5, 5.41) is 1.20. The second-order valence-corrected chi connectivity index (χ2v) is 6.86. The molecule has 0 bridgehead atoms. The monoisotopic (exact) mass is 357 g/mol. The maximum Gasteiger partial charge on any atom is 0.284 e. The first-order valence-corrected chi connectivity index (χ1v) is 8.48. The van der Waals surface area contributed by atoms with E-state index in [2.05, 4.69) is 4.99 Å². The zero-order valence-electron chi connectivity index (χ0n) is 12.7. The van der Waals surface area contributed by atoms with Gasteiger partial charge in [-0.25, -0.2) is 4.99 Å². The van der Waals surface area contributed by atoms with Crippen LogP contribution in [0.15, 0.2) is 46.3 Å². The van der Waals surface area contributed by atoms with Crippen molar-refractivity contribution in [3.8, 4) is 11.5 Å². The SMILES string of the molecule is Cc1ccc(C2=NC(=O)/C(=C/c3cc4c(cc3Cl)OCO4)S2)cc1. The lowest BCUT2D eigenvalue weighted by molar-refractivity contribution is -0.113. The topological polar surface area (TPSA) is 47.9 Å². The lowest BCUT2D eigenvalue weighted by Gasteiger charge is -2.03. The summed E-state index contributed by atoms with van der Waals surface area (Å²) in [4.78, 5) is 16.9. The third-order valence-electron chi connectivity index (χ3n) is 3.70. The number of aliphatic imine (C=N–C) groups is 1. The molecular formula is C18H12ClNO3S. The second-order valence-electron chi connectivity index (χ2n) is 5.43. The molecule has 0 N–H and O–H groups in total. The Hall–Kier alpha value is -2.24. The van der Waals surface area contributed by atoms with Crippen LogP contribution in [0.4, 0.5) is 0 Å². The molecule has 2 aliphatic heterocycles. The number of aryl methyl sites for hydroxylation is 1. The first kappa shape index (κ1) is 15.3. The number of carbonyl (C=O) groups is 1. The molecule has 0 unspecified atom stereocenters. The molecule has 2 heterocycles. The van der Waals surface area contributed by atoms with Crippen LogP contribution in [0, 0.1) is 6.92 Å². The molecule has 0 fully saturated rings. The van der Waals surface area contributed by atoms with Gasteiger partial charge >= 0.3 is 0 Å². The zero-order valence-corrected chi connectivity index (χ0v) is 14.3. The lowest BCUT2D eigenvalue weighted by atomic mass is 10.2. The summed E-state index contributed by atoms with van der Waals surface area (Å²) >= 11 is 7.61. The van der Waals surface area contributed by atoms with E-state index in [0.29, 0.717) is 32.0 Å². The largest absolute Gasteiger partial charge is 0.454 e. The zero-order chi connectivity index (χ0) is 16.7. The smallest absolute Gasteiger partial charge is 0.284 e. The van der Waals surface area contributed by atoms with E-state index in [1.807, 2.05) is 31.2 Å². The van der Waals surface area contributed by atoms with Crippen LogP contribution in [-0.4, -0.2) is 17.7 Å². The van der Waals surface area contributed by atoms with Crippen molar-refractivity contribution in [2.24, 2.45) is 4.99 Å². The van der Waals surface area contributed by atoms with E-state index < -0.39 is 0 Å². The molecular weight excluding hydrogens is 346 g/mol. The van der Waals surface area contributed by atoms with Gasteiger partial charge in [-0.3, -0.25) is 4.79 Å². The highest BCUT2D eigenvalue weighted by molar-refractivity contribution is 8.19. The number of thioether (sulfide) groups is 1. The summed E-state index contributed by atoms with van der Waals surface area (Å²) in [5.74, 6) is 0.981. The summed E-state index contributed by atoms with van der Waals surface area (Å²) in [6.07, 6.45) is 1.74. The molecule has 0 saturated carbocycles. The standard InChI is InChI=1S/C18H12ClNO3S/c1-10-2-4-11(5-3-10)18-20-17(21)16(24-18)7-12-6-14-15(8-13(12)19)23-9-22-14/h2-8H,9H2,1H3/b16-7-. The van der Waals surface area contributed by atoms with Gasteiger partial charge in [0, 0.05) is 11.6 Å². The number of fused-ring (bicyclic) bond motifs is 1. The Labute approximate surface area is 148 Å². The molecule has 4 rings (SSSR count). The van der Waals surface area contributed by atoms with Crippen LogP contribution in [0.3, 0.4) is 0 Å². The van der Waals surface area contributed by atoms with Crippen molar-refractivity contribution in [2.45, 2.75) is 6.92 Å². The van der Waals surface area contributed by atoms with Crippen molar-refractivity contribution >= 4 is 40.4 Å². The highest BCUT2D eigenvalue weighted by Crippen LogP contribution is 2.39. The quantitative estimate of drug-likeness (QED) is 0.745. The van der Waals surface area contributed by atoms with Crippen molar-refractivity contribution < 1.29 is 14.3 Å². The van der Waals surface area contributed by atoms with Crippen molar-refractivity contribution in [2.75, 3.05) is 6.79 Å². The van der Waals surface area contributed by atoms with E-state index in [1.54, 1.807) is 18.2 Å². The number of halogens is 1. The Morgan fingerprint density at radius 3 is 2.62 bits per heavy atom. The van der Waals surface area contributed by atoms with Crippen LogP contribution >= 0.6 is 23.4 Å². The Bertz CT molecular complexity index is 903. The minimum atomic E-state index is -0.260. The van der Waals surface area contributed by atoms with Crippen LogP contribution in [0.1, 0.15) is 16.7 Å². The van der Waals surface area contributed by atoms with Crippen molar-refractivity contribution in [3.63, 3.8) is 0 Å². The van der Waals surface area contributed by atoms with Gasteiger partial charge in [-0.1, -0.05) is 53.2 Å². The molecule has 0 radical (unpaired) electrons. The molecule has 1 amide bonds. The van der Waals surface area contributed by atoms with Gasteiger partial charge in [0.1, 0.15) is 5.04 Å². The van der Waals surface area contributed by atoms with Gasteiger partial charge in [0.05, 0.1) is 9.93 Å². The highest BCUT2D eigenvalue weighted by Gasteiger charge is 2.24. The number of ether oxygens (including phenoxy) is 2. The van der Waals surface area contributed by atoms with Crippen LogP contribution in [0.2, 0.25) is 5.02 Å². The average Bonchev–Trinajstić information content (AvgIpc) is 3.15. The molecule has 0 spiro atoms. The summed E-state index contributed by atoms with van der Waals surface area (Å²) in [5.41, 5.74) is 2.80. The number of hydrogen-bond acceptors (Lipinski definition) is 4. The Morgan fingerprint density at radius 2 is 1.88 bits per heavy atom. The summed E-state index contributed by atoms with van der Waals surface area (Å²) in [7, 11) is 0. The van der Waals surface area contributed by atoms with Crippen molar-refractivity contribution in [1.82, 2.24) is 0 Å². The van der Waals surface area contributed by atoms with E-state index in [-0.39, 0.29) is 12.7 Å². The molecule has 24 heavy (non-hydrogen) atoms. The molecule has 0 saturated heterocycles. The number of benzene rings is 2. The Balaban J connectivity index is 1.63. The number of amides is 1. The molecule has 0 aromatic heterocycles. The lowest BCUT2D eigenvalue weighted by Crippen LogP contribution is -1.92. The van der Waals surface area contributed by atoms with Crippen molar-refractivity contribution in [1.29, 1.82) is 0 Å². The minimum absolute atomic E-state index is 0.181. The molecule has 6 heteroatoms. The number of nitrogens with zero attached hydrogens (tertiary/aromatic N) is 1. The van der Waals surface area contributed by atoms with Crippen LogP contribution < -0.4 is 9.47 Å². The van der Waals surface area contributed by atoms with E-state index in [4.69, 9.17) is 21.1 Å². The average molecular weight is 358 g/mol. The van der Waals surface area contributed by atoms with Crippen molar-refractivity contribution in [3.05, 3.63) is 63.0 Å². The van der Waals surface area contributed by atoms with Crippen LogP contribution in [-0.2, 0) is 4.79 Å². The predicted molar refractivity (Wildman–Crippen MR) is 95.9 cm³/mol. The van der Waals surface area contributed by atoms with Gasteiger partial charge in [0.15, 0.2) is 11.5 Å². The molecule has 0 aliphatic carbocycles. The van der Waals surface area contributed by atoms with E-state index in [0.717, 1.165) is 11.1 Å². The van der Waals surface area contributed by atoms with Gasteiger partial charge in [0.25, 0.3) is 5.91 Å². The molecule has 2 aromatic rings. The number of rotatable bonds is 2. The first-order valence-electron chi connectivity index (χ1n) is 7.29. The Morgan fingerprint density at radius 1 is 1.17 bits per heavy atom. The van der Waals surface area contributed by atoms with Gasteiger partial charge in [-0.2, -0.15) is 0 Å². The van der Waals surface area contributed by atoms with Crippen LogP contribution in [0.5, 0.6) is 11.5 Å². The molecule has 0 atom stereocenters. The third-order valence-corrected chi connectivity index (χ3v) is 5.06. The highest BCUT2D eigenvalue weighted by atomic mass is 35.5. The van der Waals surface area contributed by atoms with Gasteiger partial charge < -0.3 is 9.47 Å². The van der Waals surface area contributed by atoms with E-state index in [9.17, 15) is 4.79 Å². The fraction of sp³-hybridized carbons (Fsp3) is 0.111. The van der Waals surface area contributed by atoms with Gasteiger partial charge in [0.2, 0.25) is 6.79 Å². The summed E-state index contributed by atoms with van der Waals surface area (Å²) < 4.78 is 10.6. The maximum atomic E-state index is 12.2. The molecule has 2 aliphatic rings. The first-order chi connectivity index (χ1) is 11.6. The minimum Gasteiger partial charge on any atom is -0.454 e. The number of carbonyl (C=O) groups excluding carboxylic acids is 1. The van der Waals surface area contributed by atoms with Gasteiger partial charge in [-0.05, 0) is 24.6 Å². The fourth-order valence-electron chi connectivity index (χ4n) is 2.41. The van der Waals surface area contributed by atoms with Gasteiger partial charge in [-0.15, -0.1) is 0 Å². The maximum absolute atomic E-state index is 12.2. The molecule has 4 nitrogen and oxygen atoms in total. The molecule has 2 aromatic carbocycles. The normalized spacial score (nSPS) is 17.5. The molecule has 120 valence electrons. The van der Waals surface area contributed by atoms with Crippen LogP contribution in [0.25, 0.3) is 6.08 Å². The fourth-order valence-corrected chi connectivity index (χ4v) is 3.53. The van der Waals surface area contributed by atoms with E-state index in [1.165, 1.54) is 11.8 Å².